The molecule has 54 heavy (non-hydrogen) atoms. The number of benzene rings is 5. The van der Waals surface area contributed by atoms with Gasteiger partial charge in [-0.25, -0.2) is 0 Å². The fourth-order valence-corrected chi connectivity index (χ4v) is 7.69. The van der Waals surface area contributed by atoms with E-state index in [1.807, 2.05) is 24.3 Å². The van der Waals surface area contributed by atoms with Gasteiger partial charge in [-0.2, -0.15) is 0 Å². The van der Waals surface area contributed by atoms with Crippen molar-refractivity contribution in [2.75, 3.05) is 0 Å². The highest BCUT2D eigenvalue weighted by atomic mass is 16.6. The summed E-state index contributed by atoms with van der Waals surface area (Å²) in [6, 6.07) is 29.5. The van der Waals surface area contributed by atoms with Crippen molar-refractivity contribution in [3.63, 3.8) is 0 Å². The Kier molecular flexibility index (Phi) is 10.8. The second-order valence-corrected chi connectivity index (χ2v) is 14.1. The Hall–Kier alpha value is -5.50. The third kappa shape index (κ3) is 7.61. The molecule has 8 nitrogen and oxygen atoms in total. The molecule has 0 fully saturated rings. The predicted molar refractivity (Wildman–Crippen MR) is 207 cm³/mol. The van der Waals surface area contributed by atoms with Crippen LogP contribution in [0, 0.1) is 0 Å². The molecule has 0 amide bonds. The molecule has 0 spiro atoms. The molecule has 0 bridgehead atoms. The van der Waals surface area contributed by atoms with Crippen molar-refractivity contribution < 1.29 is 38.1 Å². The molecular weight excluding hydrogens is 680 g/mol. The monoisotopic (exact) mass is 726 g/mol. The van der Waals surface area contributed by atoms with E-state index in [1.165, 1.54) is 0 Å². The number of carbonyl (C=O) groups is 4. The highest BCUT2D eigenvalue weighted by Gasteiger charge is 2.33. The maximum atomic E-state index is 12.3. The second-order valence-electron chi connectivity index (χ2n) is 14.1. The van der Waals surface area contributed by atoms with Gasteiger partial charge in [-0.15, -0.1) is 0 Å². The van der Waals surface area contributed by atoms with E-state index in [9.17, 15) is 19.2 Å². The molecule has 0 heterocycles. The van der Waals surface area contributed by atoms with Crippen molar-refractivity contribution in [3.8, 4) is 22.3 Å². The molecule has 0 saturated carbocycles. The Balaban J connectivity index is 1.20. The van der Waals surface area contributed by atoms with Gasteiger partial charge in [0.1, 0.15) is 24.4 Å². The highest BCUT2D eigenvalue weighted by molar-refractivity contribution is 6.01. The zero-order valence-electron chi connectivity index (χ0n) is 31.3. The van der Waals surface area contributed by atoms with Crippen LogP contribution in [0.3, 0.4) is 0 Å². The summed E-state index contributed by atoms with van der Waals surface area (Å²) in [5.41, 5.74) is 7.60. The molecule has 4 unspecified atom stereocenters. The lowest BCUT2D eigenvalue weighted by atomic mass is 9.84. The molecule has 7 rings (SSSR count). The average molecular weight is 727 g/mol. The van der Waals surface area contributed by atoms with E-state index in [4.69, 9.17) is 18.9 Å². The number of hydrogen-bond acceptors (Lipinski definition) is 8. The first-order chi connectivity index (χ1) is 26.2. The van der Waals surface area contributed by atoms with Gasteiger partial charge in [0.15, 0.2) is 0 Å². The third-order valence-electron chi connectivity index (χ3n) is 10.7. The minimum absolute atomic E-state index is 0.247. The molecule has 8 heteroatoms. The Morgan fingerprint density at radius 2 is 0.685 bits per heavy atom. The van der Waals surface area contributed by atoms with Gasteiger partial charge < -0.3 is 18.9 Å². The van der Waals surface area contributed by atoms with Gasteiger partial charge in [0.25, 0.3) is 0 Å². The molecule has 5 aromatic carbocycles. The van der Waals surface area contributed by atoms with Crippen LogP contribution in [0.4, 0.5) is 0 Å². The summed E-state index contributed by atoms with van der Waals surface area (Å²) in [4.78, 5) is 49.1. The van der Waals surface area contributed by atoms with E-state index < -0.39 is 12.2 Å². The van der Waals surface area contributed by atoms with Crippen molar-refractivity contribution in [2.45, 2.75) is 103 Å². The number of esters is 4. The van der Waals surface area contributed by atoms with Crippen LogP contribution in [0.15, 0.2) is 84.9 Å². The standard InChI is InChI=1S/C46H46O8/c1-5-43(47)51-39-17-19-41(53-45(49)7-3)37-25-31(13-15-35(37)39)27-9-11-29-24-34-22-28(10-12-30(34)23-33(29)21-27)32-14-16-36-38(26-32)42(54-46(50)8-4)20-18-40(36)52-44(48)6-2/h9-16,21-26,39-42H,5-8,17-20H2,1-4H3. The normalized spacial score (nSPS) is 19.0. The number of fused-ring (bicyclic) bond motifs is 4. The summed E-state index contributed by atoms with van der Waals surface area (Å²) in [6.07, 6.45) is 2.04. The molecule has 278 valence electrons. The summed E-state index contributed by atoms with van der Waals surface area (Å²) < 4.78 is 23.3. The molecule has 0 N–H and O–H groups in total. The first kappa shape index (κ1) is 36.8. The Morgan fingerprint density at radius 3 is 1.02 bits per heavy atom. The summed E-state index contributed by atoms with van der Waals surface area (Å²) in [5, 5.41) is 4.38. The maximum absolute atomic E-state index is 12.3. The van der Waals surface area contributed by atoms with Crippen molar-refractivity contribution in [1.29, 1.82) is 0 Å². The van der Waals surface area contributed by atoms with Crippen LogP contribution in [-0.2, 0) is 38.1 Å². The third-order valence-corrected chi connectivity index (χ3v) is 10.7. The molecule has 0 aliphatic heterocycles. The lowest BCUT2D eigenvalue weighted by Gasteiger charge is -2.31. The van der Waals surface area contributed by atoms with Gasteiger partial charge in [0.05, 0.1) is 0 Å². The molecule has 2 aliphatic carbocycles. The van der Waals surface area contributed by atoms with Crippen molar-refractivity contribution >= 4 is 45.4 Å². The molecule has 0 aromatic heterocycles. The van der Waals surface area contributed by atoms with E-state index in [1.54, 1.807) is 27.7 Å². The fraction of sp³-hybridized carbons (Fsp3) is 0.348. The predicted octanol–water partition coefficient (Wildman–Crippen LogP) is 10.9. The van der Waals surface area contributed by atoms with Gasteiger partial charge in [-0.1, -0.05) is 76.2 Å². The minimum atomic E-state index is -0.394. The second kappa shape index (κ2) is 15.8. The van der Waals surface area contributed by atoms with Gasteiger partial charge in [-0.05, 0) is 128 Å². The van der Waals surface area contributed by atoms with Gasteiger partial charge in [0, 0.05) is 25.7 Å². The van der Waals surface area contributed by atoms with Gasteiger partial charge in [0.2, 0.25) is 0 Å². The van der Waals surface area contributed by atoms with Crippen LogP contribution in [0.2, 0.25) is 0 Å². The van der Waals surface area contributed by atoms with Crippen LogP contribution in [0.1, 0.15) is 126 Å². The van der Waals surface area contributed by atoms with Crippen LogP contribution < -0.4 is 0 Å². The number of rotatable bonds is 10. The lowest BCUT2D eigenvalue weighted by molar-refractivity contribution is -0.155. The van der Waals surface area contributed by atoms with Crippen LogP contribution >= 0.6 is 0 Å². The summed E-state index contributed by atoms with van der Waals surface area (Å²) >= 11 is 0. The first-order valence-corrected chi connectivity index (χ1v) is 19.2. The zero-order valence-corrected chi connectivity index (χ0v) is 31.3. The van der Waals surface area contributed by atoms with Gasteiger partial charge >= 0.3 is 23.9 Å². The van der Waals surface area contributed by atoms with E-state index in [-0.39, 0.29) is 36.1 Å². The molecule has 0 radical (unpaired) electrons. The SMILES string of the molecule is CCC(=O)OC1CCC(OC(=O)CC)c2cc(-c3ccc4cc5cc(-c6ccc7c(c6)C(OC(=O)CC)CCC7OC(=O)CC)ccc5cc4c3)ccc21. The topological polar surface area (TPSA) is 105 Å². The first-order valence-electron chi connectivity index (χ1n) is 19.2. The molecular formula is C46H46O8. The molecule has 5 aromatic rings. The summed E-state index contributed by atoms with van der Waals surface area (Å²) in [7, 11) is 0. The Morgan fingerprint density at radius 1 is 0.389 bits per heavy atom. The average Bonchev–Trinajstić information content (AvgIpc) is 3.20. The lowest BCUT2D eigenvalue weighted by Crippen LogP contribution is -2.22. The van der Waals surface area contributed by atoms with Crippen molar-refractivity contribution in [1.82, 2.24) is 0 Å². The fourth-order valence-electron chi connectivity index (χ4n) is 7.69. The summed E-state index contributed by atoms with van der Waals surface area (Å²) in [6.45, 7) is 7.14. The van der Waals surface area contributed by atoms with E-state index in [0.29, 0.717) is 51.4 Å². The minimum Gasteiger partial charge on any atom is -0.457 e. The van der Waals surface area contributed by atoms with Crippen molar-refractivity contribution in [3.05, 3.63) is 107 Å². The Labute approximate surface area is 315 Å². The Bertz CT molecular complexity index is 2090. The largest absolute Gasteiger partial charge is 0.457 e. The number of hydrogen-bond donors (Lipinski definition) is 0. The van der Waals surface area contributed by atoms with E-state index in [0.717, 1.165) is 66.1 Å². The molecule has 4 atom stereocenters. The number of carbonyl (C=O) groups excluding carboxylic acids is 4. The number of ether oxygens (including phenoxy) is 4. The van der Waals surface area contributed by atoms with E-state index in [2.05, 4.69) is 60.7 Å². The molecule has 0 saturated heterocycles. The quantitative estimate of drug-likeness (QED) is 0.0795. The smallest absolute Gasteiger partial charge is 0.306 e. The van der Waals surface area contributed by atoms with Gasteiger partial charge in [-0.3, -0.25) is 19.2 Å². The van der Waals surface area contributed by atoms with E-state index >= 15 is 0 Å². The van der Waals surface area contributed by atoms with Crippen LogP contribution in [0.25, 0.3) is 43.8 Å². The van der Waals surface area contributed by atoms with Crippen molar-refractivity contribution in [2.24, 2.45) is 0 Å². The summed E-state index contributed by atoms with van der Waals surface area (Å²) in [5.74, 6) is -0.997. The van der Waals surface area contributed by atoms with Crippen LogP contribution in [0.5, 0.6) is 0 Å². The van der Waals surface area contributed by atoms with Crippen LogP contribution in [-0.4, -0.2) is 23.9 Å². The maximum Gasteiger partial charge on any atom is 0.306 e. The zero-order chi connectivity index (χ0) is 37.9. The highest BCUT2D eigenvalue weighted by Crippen LogP contribution is 2.44. The molecule has 2 aliphatic rings.